The zero-order valence-electron chi connectivity index (χ0n) is 10.9. The maximum atomic E-state index is 5.51. The van der Waals surface area contributed by atoms with E-state index in [1.807, 2.05) is 6.92 Å². The summed E-state index contributed by atoms with van der Waals surface area (Å²) in [5, 5.41) is 3.59. The second-order valence-electron chi connectivity index (χ2n) is 4.87. The highest BCUT2D eigenvalue weighted by atomic mass is 16.4. The van der Waals surface area contributed by atoms with Gasteiger partial charge in [-0.1, -0.05) is 6.92 Å². The van der Waals surface area contributed by atoms with E-state index in [1.165, 1.54) is 19.3 Å². The van der Waals surface area contributed by atoms with Crippen molar-refractivity contribution in [1.82, 2.24) is 15.2 Å². The van der Waals surface area contributed by atoms with Gasteiger partial charge in [0.05, 0.1) is 12.7 Å². The minimum absolute atomic E-state index is 0.706. The lowest BCUT2D eigenvalue weighted by molar-refractivity contribution is 0.175. The van der Waals surface area contributed by atoms with E-state index in [2.05, 4.69) is 22.1 Å². The fourth-order valence-corrected chi connectivity index (χ4v) is 2.31. The van der Waals surface area contributed by atoms with Gasteiger partial charge < -0.3 is 9.73 Å². The van der Waals surface area contributed by atoms with Crippen molar-refractivity contribution in [2.45, 2.75) is 45.7 Å². The molecule has 1 aromatic rings. The van der Waals surface area contributed by atoms with Crippen molar-refractivity contribution in [2.75, 3.05) is 19.6 Å². The first-order valence-electron chi connectivity index (χ1n) is 6.65. The number of aryl methyl sites for hydroxylation is 1. The van der Waals surface area contributed by atoms with Crippen LogP contribution < -0.4 is 5.32 Å². The molecule has 0 unspecified atom stereocenters. The lowest BCUT2D eigenvalue weighted by Gasteiger charge is -2.31. The zero-order valence-corrected chi connectivity index (χ0v) is 10.9. The molecular formula is C13H23N3O. The van der Waals surface area contributed by atoms with E-state index in [0.29, 0.717) is 6.04 Å². The Labute approximate surface area is 103 Å². The number of nitrogens with one attached hydrogen (secondary N) is 1. The lowest BCUT2D eigenvalue weighted by atomic mass is 10.1. The Morgan fingerprint density at radius 1 is 1.47 bits per heavy atom. The number of aromatic nitrogens is 1. The van der Waals surface area contributed by atoms with Crippen molar-refractivity contribution < 1.29 is 4.42 Å². The predicted octanol–water partition coefficient (Wildman–Crippen LogP) is 1.95. The Bertz CT molecular complexity index is 329. The molecule has 4 nitrogen and oxygen atoms in total. The van der Waals surface area contributed by atoms with E-state index in [4.69, 9.17) is 4.42 Å². The Balaban J connectivity index is 1.72. The number of oxazole rings is 1. The van der Waals surface area contributed by atoms with E-state index >= 15 is 0 Å². The normalized spacial score (nSPS) is 18.7. The quantitative estimate of drug-likeness (QED) is 0.850. The summed E-state index contributed by atoms with van der Waals surface area (Å²) in [6.45, 7) is 8.44. The predicted molar refractivity (Wildman–Crippen MR) is 67.8 cm³/mol. The fourth-order valence-electron chi connectivity index (χ4n) is 2.31. The summed E-state index contributed by atoms with van der Waals surface area (Å²) in [6.07, 6.45) is 5.49. The number of rotatable bonds is 5. The topological polar surface area (TPSA) is 41.3 Å². The molecule has 2 heterocycles. The Kier molecular flexibility index (Phi) is 4.57. The van der Waals surface area contributed by atoms with Crippen LogP contribution in [0.1, 0.15) is 37.8 Å². The summed E-state index contributed by atoms with van der Waals surface area (Å²) in [5.74, 6) is 1.75. The summed E-state index contributed by atoms with van der Waals surface area (Å²) >= 11 is 0. The molecule has 0 aromatic carbocycles. The van der Waals surface area contributed by atoms with Gasteiger partial charge in [-0.05, 0) is 32.7 Å². The molecule has 4 heteroatoms. The summed E-state index contributed by atoms with van der Waals surface area (Å²) in [5.41, 5.74) is 0. The molecule has 0 amide bonds. The van der Waals surface area contributed by atoms with Gasteiger partial charge in [-0.3, -0.25) is 4.90 Å². The van der Waals surface area contributed by atoms with Gasteiger partial charge >= 0.3 is 0 Å². The second kappa shape index (κ2) is 6.17. The summed E-state index contributed by atoms with van der Waals surface area (Å²) in [7, 11) is 0. The molecule has 0 saturated carbocycles. The van der Waals surface area contributed by atoms with E-state index < -0.39 is 0 Å². The molecule has 1 aliphatic rings. The molecule has 0 bridgehead atoms. The van der Waals surface area contributed by atoms with Crippen molar-refractivity contribution in [1.29, 1.82) is 0 Å². The van der Waals surface area contributed by atoms with Crippen molar-refractivity contribution >= 4 is 0 Å². The number of hydrogen-bond acceptors (Lipinski definition) is 4. The third-order valence-corrected chi connectivity index (χ3v) is 3.30. The van der Waals surface area contributed by atoms with E-state index in [0.717, 1.165) is 37.8 Å². The molecule has 1 saturated heterocycles. The maximum Gasteiger partial charge on any atom is 0.208 e. The molecule has 0 spiro atoms. The van der Waals surface area contributed by atoms with Crippen LogP contribution in [0.3, 0.4) is 0 Å². The van der Waals surface area contributed by atoms with Crippen LogP contribution >= 0.6 is 0 Å². The second-order valence-corrected chi connectivity index (χ2v) is 4.87. The van der Waals surface area contributed by atoms with Crippen LogP contribution in [0.25, 0.3) is 0 Å². The third-order valence-electron chi connectivity index (χ3n) is 3.30. The molecule has 1 N–H and O–H groups in total. The number of likely N-dealkylation sites (tertiary alicyclic amines) is 1. The van der Waals surface area contributed by atoms with Crippen LogP contribution in [0.5, 0.6) is 0 Å². The molecule has 1 fully saturated rings. The van der Waals surface area contributed by atoms with Crippen LogP contribution in [0.4, 0.5) is 0 Å². The van der Waals surface area contributed by atoms with Gasteiger partial charge in [0.25, 0.3) is 0 Å². The molecule has 2 rings (SSSR count). The van der Waals surface area contributed by atoms with Crippen LogP contribution in [0.2, 0.25) is 0 Å². The molecule has 0 radical (unpaired) electrons. The number of hydrogen-bond donors (Lipinski definition) is 1. The van der Waals surface area contributed by atoms with Gasteiger partial charge in [-0.25, -0.2) is 4.98 Å². The Hall–Kier alpha value is -0.870. The third kappa shape index (κ3) is 3.82. The summed E-state index contributed by atoms with van der Waals surface area (Å²) < 4.78 is 5.51. The van der Waals surface area contributed by atoms with E-state index in [9.17, 15) is 0 Å². The SMILES string of the molecule is CCCNC1CCN(Cc2ncc(C)o2)CC1. The molecule has 17 heavy (non-hydrogen) atoms. The van der Waals surface area contributed by atoms with Crippen LogP contribution in [0, 0.1) is 6.92 Å². The van der Waals surface area contributed by atoms with Crippen LogP contribution in [-0.2, 0) is 6.54 Å². The van der Waals surface area contributed by atoms with Crippen molar-refractivity contribution in [3.63, 3.8) is 0 Å². The molecular weight excluding hydrogens is 214 g/mol. The van der Waals surface area contributed by atoms with Crippen LogP contribution in [0.15, 0.2) is 10.6 Å². The largest absolute Gasteiger partial charge is 0.445 e. The van der Waals surface area contributed by atoms with Crippen molar-refractivity contribution in [3.05, 3.63) is 17.8 Å². The molecule has 1 aliphatic heterocycles. The van der Waals surface area contributed by atoms with E-state index in [1.54, 1.807) is 6.20 Å². The van der Waals surface area contributed by atoms with Gasteiger partial charge in [-0.15, -0.1) is 0 Å². The van der Waals surface area contributed by atoms with E-state index in [-0.39, 0.29) is 0 Å². The first-order valence-corrected chi connectivity index (χ1v) is 6.65. The first kappa shape index (κ1) is 12.6. The number of nitrogens with zero attached hydrogens (tertiary/aromatic N) is 2. The van der Waals surface area contributed by atoms with Gasteiger partial charge in [-0.2, -0.15) is 0 Å². The van der Waals surface area contributed by atoms with Gasteiger partial charge in [0.1, 0.15) is 5.76 Å². The molecule has 1 aromatic heterocycles. The van der Waals surface area contributed by atoms with Crippen LogP contribution in [-0.4, -0.2) is 35.6 Å². The fraction of sp³-hybridized carbons (Fsp3) is 0.769. The Morgan fingerprint density at radius 3 is 2.82 bits per heavy atom. The molecule has 0 aliphatic carbocycles. The average molecular weight is 237 g/mol. The lowest BCUT2D eigenvalue weighted by Crippen LogP contribution is -2.42. The Morgan fingerprint density at radius 2 is 2.24 bits per heavy atom. The first-order chi connectivity index (χ1) is 8.28. The number of piperidine rings is 1. The monoisotopic (exact) mass is 237 g/mol. The highest BCUT2D eigenvalue weighted by Crippen LogP contribution is 2.13. The smallest absolute Gasteiger partial charge is 0.208 e. The average Bonchev–Trinajstić information content (AvgIpc) is 2.74. The summed E-state index contributed by atoms with van der Waals surface area (Å²) in [6, 6.07) is 0.706. The zero-order chi connectivity index (χ0) is 12.1. The molecule has 96 valence electrons. The summed E-state index contributed by atoms with van der Waals surface area (Å²) in [4.78, 5) is 6.68. The highest BCUT2D eigenvalue weighted by molar-refractivity contribution is 4.91. The van der Waals surface area contributed by atoms with Crippen molar-refractivity contribution in [2.24, 2.45) is 0 Å². The maximum absolute atomic E-state index is 5.51. The minimum atomic E-state index is 0.706. The molecule has 0 atom stereocenters. The van der Waals surface area contributed by atoms with Gasteiger partial charge in [0, 0.05) is 19.1 Å². The standard InChI is InChI=1S/C13H23N3O/c1-3-6-14-12-4-7-16(8-5-12)10-13-15-9-11(2)17-13/h9,12,14H,3-8,10H2,1-2H3. The van der Waals surface area contributed by atoms with Crippen molar-refractivity contribution in [3.8, 4) is 0 Å². The van der Waals surface area contributed by atoms with Gasteiger partial charge in [0.15, 0.2) is 0 Å². The van der Waals surface area contributed by atoms with Gasteiger partial charge in [0.2, 0.25) is 5.89 Å². The minimum Gasteiger partial charge on any atom is -0.445 e. The highest BCUT2D eigenvalue weighted by Gasteiger charge is 2.19.